The second-order valence-corrected chi connectivity index (χ2v) is 9.55. The lowest BCUT2D eigenvalue weighted by Gasteiger charge is -2.21. The molecule has 3 aromatic rings. The van der Waals surface area contributed by atoms with Gasteiger partial charge >= 0.3 is 12.1 Å². The molecule has 10 nitrogen and oxygen atoms in total. The molecule has 31 heavy (non-hydrogen) atoms. The number of hydrogen-bond acceptors (Lipinski definition) is 7. The van der Waals surface area contributed by atoms with Crippen molar-refractivity contribution in [2.24, 2.45) is 0 Å². The van der Waals surface area contributed by atoms with E-state index in [0.29, 0.717) is 11.1 Å². The van der Waals surface area contributed by atoms with Crippen molar-refractivity contribution in [3.05, 3.63) is 54.5 Å². The van der Waals surface area contributed by atoms with Gasteiger partial charge in [0.05, 0.1) is 17.3 Å². The van der Waals surface area contributed by atoms with Crippen LogP contribution in [0.25, 0.3) is 10.9 Å². The van der Waals surface area contributed by atoms with E-state index in [9.17, 15) is 23.1 Å². The molecule has 2 aromatic heterocycles. The van der Waals surface area contributed by atoms with Gasteiger partial charge in [-0.05, 0) is 39.0 Å². The summed E-state index contributed by atoms with van der Waals surface area (Å²) in [6.45, 7) is 5.00. The van der Waals surface area contributed by atoms with E-state index in [1.54, 1.807) is 39.0 Å². The van der Waals surface area contributed by atoms with Crippen LogP contribution in [-0.2, 0) is 26.0 Å². The Morgan fingerprint density at radius 3 is 2.48 bits per heavy atom. The normalized spacial score (nSPS) is 13.0. The number of aliphatic carboxylic acids is 1. The molecule has 0 spiro atoms. The van der Waals surface area contributed by atoms with Gasteiger partial charge in [0.15, 0.2) is 0 Å². The summed E-state index contributed by atoms with van der Waals surface area (Å²) in [7, 11) is -3.91. The summed E-state index contributed by atoms with van der Waals surface area (Å²) < 4.78 is 31.6. The predicted molar refractivity (Wildman–Crippen MR) is 111 cm³/mol. The van der Waals surface area contributed by atoms with E-state index < -0.39 is 33.7 Å². The van der Waals surface area contributed by atoms with Crippen LogP contribution in [0.4, 0.5) is 4.79 Å². The number of rotatable bonds is 6. The Bertz CT molecular complexity index is 1220. The molecule has 0 radical (unpaired) electrons. The molecule has 2 heterocycles. The molecule has 1 amide bonds. The molecule has 164 valence electrons. The van der Waals surface area contributed by atoms with E-state index in [2.05, 4.69) is 15.4 Å². The molecule has 11 heteroatoms. The fraction of sp³-hybridized carbons (Fsp3) is 0.300. The van der Waals surface area contributed by atoms with Crippen LogP contribution in [0.1, 0.15) is 26.5 Å². The van der Waals surface area contributed by atoms with Crippen LogP contribution in [0.15, 0.2) is 53.7 Å². The first kappa shape index (κ1) is 22.2. The highest BCUT2D eigenvalue weighted by atomic mass is 32.2. The van der Waals surface area contributed by atoms with Crippen molar-refractivity contribution in [1.29, 1.82) is 0 Å². The smallest absolute Gasteiger partial charge is 0.408 e. The summed E-state index contributed by atoms with van der Waals surface area (Å²) in [5.74, 6) is -1.25. The van der Waals surface area contributed by atoms with Crippen LogP contribution in [0, 0.1) is 0 Å². The topological polar surface area (TPSA) is 140 Å². The van der Waals surface area contributed by atoms with Gasteiger partial charge in [0.2, 0.25) is 0 Å². The molecule has 0 fully saturated rings. The zero-order valence-electron chi connectivity index (χ0n) is 17.1. The molecular formula is C20H22N4O6S. The zero-order valence-corrected chi connectivity index (χ0v) is 18.0. The van der Waals surface area contributed by atoms with Crippen LogP contribution in [0.5, 0.6) is 0 Å². The fourth-order valence-electron chi connectivity index (χ4n) is 2.80. The van der Waals surface area contributed by atoms with Crippen molar-refractivity contribution in [3.63, 3.8) is 0 Å². The van der Waals surface area contributed by atoms with Gasteiger partial charge < -0.3 is 15.2 Å². The van der Waals surface area contributed by atoms with Crippen molar-refractivity contribution < 1.29 is 27.9 Å². The first-order valence-corrected chi connectivity index (χ1v) is 10.8. The quantitative estimate of drug-likeness (QED) is 0.587. The van der Waals surface area contributed by atoms with E-state index in [-0.39, 0.29) is 16.8 Å². The van der Waals surface area contributed by atoms with Crippen LogP contribution in [-0.4, -0.2) is 51.4 Å². The second kappa shape index (κ2) is 8.34. The van der Waals surface area contributed by atoms with Crippen LogP contribution < -0.4 is 5.32 Å². The van der Waals surface area contributed by atoms with Gasteiger partial charge in [0, 0.05) is 17.5 Å². The number of carboxylic acid groups (broad SMARTS) is 1. The standard InChI is InChI=1S/C20H22N4O6S/c1-20(2,3)30-19(27)23-16(18(25)26)10-14-9-13-11-22-24(17(13)12-21-14)31(28,29)15-7-5-4-6-8-15/h4-9,11-12,16H,10H2,1-3H3,(H,23,27)(H,25,26)/t16-/m0/s1. The number of alkyl carbamates (subject to hydrolysis) is 1. The minimum atomic E-state index is -3.91. The predicted octanol–water partition coefficient (Wildman–Crippen LogP) is 2.19. The second-order valence-electron chi connectivity index (χ2n) is 7.78. The molecule has 0 unspecified atom stereocenters. The van der Waals surface area contributed by atoms with E-state index >= 15 is 0 Å². The molecule has 1 atom stereocenters. The maximum Gasteiger partial charge on any atom is 0.408 e. The van der Waals surface area contributed by atoms with Crippen LogP contribution >= 0.6 is 0 Å². The number of aromatic nitrogens is 3. The lowest BCUT2D eigenvalue weighted by Crippen LogP contribution is -2.44. The number of benzene rings is 1. The zero-order chi connectivity index (χ0) is 22.8. The minimum absolute atomic E-state index is 0.0802. The summed E-state index contributed by atoms with van der Waals surface area (Å²) in [5.41, 5.74) is -0.185. The average molecular weight is 446 g/mol. The minimum Gasteiger partial charge on any atom is -0.480 e. The summed E-state index contributed by atoms with van der Waals surface area (Å²) >= 11 is 0. The molecule has 3 rings (SSSR count). The molecular weight excluding hydrogens is 424 g/mol. The lowest BCUT2D eigenvalue weighted by atomic mass is 10.1. The Labute approximate surface area is 178 Å². The van der Waals surface area contributed by atoms with Crippen LogP contribution in [0.2, 0.25) is 0 Å². The Balaban J connectivity index is 1.85. The largest absolute Gasteiger partial charge is 0.480 e. The number of hydrogen-bond donors (Lipinski definition) is 2. The number of nitrogens with zero attached hydrogens (tertiary/aromatic N) is 3. The Morgan fingerprint density at radius 2 is 1.87 bits per heavy atom. The summed E-state index contributed by atoms with van der Waals surface area (Å²) in [5, 5.41) is 16.2. The highest BCUT2D eigenvalue weighted by Gasteiger charge is 2.25. The summed E-state index contributed by atoms with van der Waals surface area (Å²) in [6.07, 6.45) is 1.69. The molecule has 2 N–H and O–H groups in total. The van der Waals surface area contributed by atoms with Crippen molar-refractivity contribution in [2.45, 2.75) is 43.7 Å². The number of fused-ring (bicyclic) bond motifs is 1. The molecule has 0 saturated heterocycles. The number of nitrogens with one attached hydrogen (secondary N) is 1. The number of pyridine rings is 1. The molecule has 1 aromatic carbocycles. The Morgan fingerprint density at radius 1 is 1.19 bits per heavy atom. The molecule has 0 aliphatic carbocycles. The van der Waals surface area contributed by atoms with Gasteiger partial charge in [-0.3, -0.25) is 4.98 Å². The van der Waals surface area contributed by atoms with Crippen molar-refractivity contribution >= 4 is 33.0 Å². The number of ether oxygens (including phenoxy) is 1. The summed E-state index contributed by atoms with van der Waals surface area (Å²) in [6, 6.07) is 8.11. The number of carbonyl (C=O) groups is 2. The SMILES string of the molecule is CC(C)(C)OC(=O)N[C@@H](Cc1cc2cnn(S(=O)(=O)c3ccccc3)c2cn1)C(=O)O. The van der Waals surface area contributed by atoms with Gasteiger partial charge in [0.25, 0.3) is 10.0 Å². The van der Waals surface area contributed by atoms with E-state index in [0.717, 1.165) is 4.09 Å². The van der Waals surface area contributed by atoms with Gasteiger partial charge in [0.1, 0.15) is 17.2 Å². The van der Waals surface area contributed by atoms with Gasteiger partial charge in [-0.2, -0.15) is 17.6 Å². The third-order valence-corrected chi connectivity index (χ3v) is 5.76. The monoisotopic (exact) mass is 446 g/mol. The van der Waals surface area contributed by atoms with Crippen molar-refractivity contribution in [3.8, 4) is 0 Å². The van der Waals surface area contributed by atoms with E-state index in [1.807, 2.05) is 0 Å². The average Bonchev–Trinajstić information content (AvgIpc) is 3.10. The maximum atomic E-state index is 12.8. The first-order chi connectivity index (χ1) is 14.5. The molecule has 0 bridgehead atoms. The highest BCUT2D eigenvalue weighted by molar-refractivity contribution is 7.90. The summed E-state index contributed by atoms with van der Waals surface area (Å²) in [4.78, 5) is 27.7. The highest BCUT2D eigenvalue weighted by Crippen LogP contribution is 2.20. The van der Waals surface area contributed by atoms with Crippen molar-refractivity contribution in [2.75, 3.05) is 0 Å². The van der Waals surface area contributed by atoms with Crippen molar-refractivity contribution in [1.82, 2.24) is 19.5 Å². The number of amides is 1. The Hall–Kier alpha value is -3.47. The third kappa shape index (κ3) is 5.18. The van der Waals surface area contributed by atoms with Gasteiger partial charge in [-0.15, -0.1) is 0 Å². The number of carbonyl (C=O) groups excluding carboxylic acids is 1. The first-order valence-electron chi connectivity index (χ1n) is 9.33. The number of carboxylic acids is 1. The third-order valence-electron chi connectivity index (χ3n) is 4.15. The maximum absolute atomic E-state index is 12.8. The molecule has 0 saturated carbocycles. The molecule has 0 aliphatic rings. The molecule has 0 aliphatic heterocycles. The lowest BCUT2D eigenvalue weighted by molar-refractivity contribution is -0.139. The van der Waals surface area contributed by atoms with E-state index in [1.165, 1.54) is 30.6 Å². The Kier molecular flexibility index (Phi) is 5.98. The van der Waals surface area contributed by atoms with E-state index in [4.69, 9.17) is 4.74 Å². The van der Waals surface area contributed by atoms with Gasteiger partial charge in [-0.1, -0.05) is 18.2 Å². The fourth-order valence-corrected chi connectivity index (χ4v) is 4.09. The van der Waals surface area contributed by atoms with Crippen LogP contribution in [0.3, 0.4) is 0 Å². The van der Waals surface area contributed by atoms with Gasteiger partial charge in [-0.25, -0.2) is 9.59 Å².